The maximum atomic E-state index is 12.7. The molecule has 1 unspecified atom stereocenters. The molecule has 25 heavy (non-hydrogen) atoms. The zero-order valence-electron chi connectivity index (χ0n) is 15.3. The van der Waals surface area contributed by atoms with Gasteiger partial charge in [-0.25, -0.2) is 4.79 Å². The average Bonchev–Trinajstić information content (AvgIpc) is 2.97. The van der Waals surface area contributed by atoms with Crippen LogP contribution in [0.2, 0.25) is 0 Å². The van der Waals surface area contributed by atoms with Crippen LogP contribution in [0, 0.1) is 12.3 Å². The Balaban J connectivity index is 2.13. The smallest absolute Gasteiger partial charge is 0.335 e. The third-order valence-electron chi connectivity index (χ3n) is 4.30. The number of carboxylic acid groups (broad SMARTS) is 1. The number of benzene rings is 1. The molecule has 2 N–H and O–H groups in total. The summed E-state index contributed by atoms with van der Waals surface area (Å²) in [6, 6.07) is 4.12. The van der Waals surface area contributed by atoms with Gasteiger partial charge in [-0.2, -0.15) is 0 Å². The molecule has 136 valence electrons. The minimum Gasteiger partial charge on any atom is -0.478 e. The van der Waals surface area contributed by atoms with E-state index in [-0.39, 0.29) is 22.8 Å². The van der Waals surface area contributed by atoms with Crippen LogP contribution in [0.5, 0.6) is 0 Å². The van der Waals surface area contributed by atoms with Gasteiger partial charge in [-0.1, -0.05) is 26.8 Å². The van der Waals surface area contributed by atoms with E-state index in [2.05, 4.69) is 5.32 Å². The molecule has 2 rings (SSSR count). The molecule has 1 aromatic rings. The molecule has 2 amide bonds. The molecule has 0 aliphatic carbocycles. The van der Waals surface area contributed by atoms with Gasteiger partial charge in [0.25, 0.3) is 0 Å². The summed E-state index contributed by atoms with van der Waals surface area (Å²) in [7, 11) is 0. The van der Waals surface area contributed by atoms with E-state index in [1.807, 2.05) is 20.8 Å². The van der Waals surface area contributed by atoms with Gasteiger partial charge < -0.3 is 15.3 Å². The van der Waals surface area contributed by atoms with Crippen molar-refractivity contribution in [1.29, 1.82) is 0 Å². The van der Waals surface area contributed by atoms with Gasteiger partial charge >= 0.3 is 5.97 Å². The number of aromatic carboxylic acids is 1. The van der Waals surface area contributed by atoms with E-state index in [0.29, 0.717) is 25.1 Å². The van der Waals surface area contributed by atoms with Crippen molar-refractivity contribution in [3.05, 3.63) is 29.3 Å². The quantitative estimate of drug-likeness (QED) is 0.877. The number of hydrogen-bond donors (Lipinski definition) is 2. The number of nitrogens with zero attached hydrogens (tertiary/aromatic N) is 1. The Labute approximate surface area is 148 Å². The fraction of sp³-hybridized carbons (Fsp3) is 0.526. The van der Waals surface area contributed by atoms with Crippen molar-refractivity contribution in [2.75, 3.05) is 11.9 Å². The Bertz CT molecular complexity index is 691. The largest absolute Gasteiger partial charge is 0.478 e. The van der Waals surface area contributed by atoms with Crippen molar-refractivity contribution in [3.63, 3.8) is 0 Å². The van der Waals surface area contributed by atoms with Gasteiger partial charge in [-0.3, -0.25) is 9.59 Å². The molecule has 6 heteroatoms. The number of nitrogens with one attached hydrogen (secondary N) is 1. The van der Waals surface area contributed by atoms with Gasteiger partial charge in [0.2, 0.25) is 11.8 Å². The summed E-state index contributed by atoms with van der Waals surface area (Å²) in [6.07, 6.45) is 1.81. The lowest BCUT2D eigenvalue weighted by Crippen LogP contribution is -2.44. The molecule has 1 aromatic carbocycles. The zero-order valence-corrected chi connectivity index (χ0v) is 15.3. The van der Waals surface area contributed by atoms with Crippen LogP contribution in [-0.4, -0.2) is 40.4 Å². The van der Waals surface area contributed by atoms with Crippen LogP contribution in [0.3, 0.4) is 0 Å². The highest BCUT2D eigenvalue weighted by molar-refractivity contribution is 5.99. The highest BCUT2D eigenvalue weighted by Gasteiger charge is 2.35. The number of rotatable bonds is 4. The maximum Gasteiger partial charge on any atom is 0.335 e. The van der Waals surface area contributed by atoms with Crippen molar-refractivity contribution in [2.45, 2.75) is 53.0 Å². The Kier molecular flexibility index (Phi) is 5.50. The van der Waals surface area contributed by atoms with E-state index >= 15 is 0 Å². The topological polar surface area (TPSA) is 86.7 Å². The summed E-state index contributed by atoms with van der Waals surface area (Å²) in [4.78, 5) is 37.9. The summed E-state index contributed by atoms with van der Waals surface area (Å²) in [6.45, 7) is 8.38. The number of hydrogen-bond acceptors (Lipinski definition) is 3. The van der Waals surface area contributed by atoms with E-state index < -0.39 is 12.0 Å². The zero-order chi connectivity index (χ0) is 18.8. The van der Waals surface area contributed by atoms with Crippen LogP contribution in [-0.2, 0) is 9.59 Å². The highest BCUT2D eigenvalue weighted by Crippen LogP contribution is 2.26. The van der Waals surface area contributed by atoms with Crippen molar-refractivity contribution < 1.29 is 19.5 Å². The monoisotopic (exact) mass is 346 g/mol. The first-order valence-corrected chi connectivity index (χ1v) is 8.53. The Morgan fingerprint density at radius 2 is 1.96 bits per heavy atom. The fourth-order valence-corrected chi connectivity index (χ4v) is 3.00. The maximum absolute atomic E-state index is 12.7. The Morgan fingerprint density at radius 3 is 2.56 bits per heavy atom. The van der Waals surface area contributed by atoms with E-state index in [1.54, 1.807) is 17.9 Å². The minimum atomic E-state index is -1.04. The van der Waals surface area contributed by atoms with Crippen LogP contribution < -0.4 is 5.32 Å². The van der Waals surface area contributed by atoms with Gasteiger partial charge in [0.15, 0.2) is 0 Å². The Morgan fingerprint density at radius 1 is 1.28 bits per heavy atom. The standard InChI is InChI=1S/C19H26N2O4/c1-12-7-8-13(18(24)25)10-14(12)20-17(23)15-6-5-9-21(15)16(22)11-19(2,3)4/h7-8,10,15H,5-6,9,11H2,1-4H3,(H,20,23)(H,24,25). The van der Waals surface area contributed by atoms with Crippen molar-refractivity contribution in [3.8, 4) is 0 Å². The predicted molar refractivity (Wildman–Crippen MR) is 95.6 cm³/mol. The molecule has 1 aliphatic rings. The SMILES string of the molecule is Cc1ccc(C(=O)O)cc1NC(=O)C1CCCN1C(=O)CC(C)(C)C. The summed E-state index contributed by atoms with van der Waals surface area (Å²) in [5.41, 5.74) is 1.24. The van der Waals surface area contributed by atoms with Crippen LogP contribution in [0.1, 0.15) is 56.0 Å². The summed E-state index contributed by atoms with van der Waals surface area (Å²) >= 11 is 0. The van der Waals surface area contributed by atoms with E-state index in [9.17, 15) is 14.4 Å². The van der Waals surface area contributed by atoms with Gasteiger partial charge in [0.1, 0.15) is 6.04 Å². The second-order valence-corrected chi connectivity index (χ2v) is 7.81. The number of carbonyl (C=O) groups is 3. The van der Waals surface area contributed by atoms with Gasteiger partial charge in [0, 0.05) is 18.7 Å². The predicted octanol–water partition coefficient (Wildman–Crippen LogP) is 3.06. The van der Waals surface area contributed by atoms with E-state index in [4.69, 9.17) is 5.11 Å². The van der Waals surface area contributed by atoms with E-state index in [0.717, 1.165) is 12.0 Å². The van der Waals surface area contributed by atoms with Crippen molar-refractivity contribution in [1.82, 2.24) is 4.90 Å². The van der Waals surface area contributed by atoms with Crippen molar-refractivity contribution >= 4 is 23.5 Å². The molecule has 6 nitrogen and oxygen atoms in total. The lowest BCUT2D eigenvalue weighted by Gasteiger charge is -2.27. The highest BCUT2D eigenvalue weighted by atomic mass is 16.4. The number of carbonyl (C=O) groups excluding carboxylic acids is 2. The molecule has 1 aliphatic heterocycles. The molecular weight excluding hydrogens is 320 g/mol. The van der Waals surface area contributed by atoms with Gasteiger partial charge in [0.05, 0.1) is 5.56 Å². The summed E-state index contributed by atoms with van der Waals surface area (Å²) < 4.78 is 0. The first-order chi connectivity index (χ1) is 11.6. The van der Waals surface area contributed by atoms with Gasteiger partial charge in [-0.05, 0) is 42.9 Å². The molecule has 1 saturated heterocycles. The number of anilines is 1. The van der Waals surface area contributed by atoms with Crippen molar-refractivity contribution in [2.24, 2.45) is 5.41 Å². The summed E-state index contributed by atoms with van der Waals surface area (Å²) in [5.74, 6) is -1.31. The first-order valence-electron chi connectivity index (χ1n) is 8.53. The van der Waals surface area contributed by atoms with E-state index in [1.165, 1.54) is 12.1 Å². The number of aryl methyl sites for hydroxylation is 1. The van der Waals surface area contributed by atoms with Gasteiger partial charge in [-0.15, -0.1) is 0 Å². The number of amides is 2. The second-order valence-electron chi connectivity index (χ2n) is 7.81. The van der Waals surface area contributed by atoms with Crippen LogP contribution >= 0.6 is 0 Å². The minimum absolute atomic E-state index is 0.0128. The molecule has 0 radical (unpaired) electrons. The van der Waals surface area contributed by atoms with Crippen LogP contribution in [0.4, 0.5) is 5.69 Å². The number of likely N-dealkylation sites (tertiary alicyclic amines) is 1. The second kappa shape index (κ2) is 7.25. The normalized spacial score (nSPS) is 17.4. The van der Waals surface area contributed by atoms with Crippen LogP contribution in [0.25, 0.3) is 0 Å². The lowest BCUT2D eigenvalue weighted by molar-refractivity contribution is -0.138. The average molecular weight is 346 g/mol. The molecule has 0 spiro atoms. The number of carboxylic acids is 1. The molecular formula is C19H26N2O4. The molecule has 0 bridgehead atoms. The first kappa shape index (κ1) is 19.0. The Hall–Kier alpha value is -2.37. The third kappa shape index (κ3) is 4.81. The molecule has 1 heterocycles. The molecule has 0 aromatic heterocycles. The molecule has 1 fully saturated rings. The third-order valence-corrected chi connectivity index (χ3v) is 4.30. The summed E-state index contributed by atoms with van der Waals surface area (Å²) in [5, 5.41) is 11.9. The molecule has 1 atom stereocenters. The van der Waals surface area contributed by atoms with Crippen LogP contribution in [0.15, 0.2) is 18.2 Å². The molecule has 0 saturated carbocycles. The fourth-order valence-electron chi connectivity index (χ4n) is 3.00. The lowest BCUT2D eigenvalue weighted by atomic mass is 9.91.